The number of nitriles is 1. The predicted molar refractivity (Wildman–Crippen MR) is 101 cm³/mol. The van der Waals surface area contributed by atoms with Crippen LogP contribution >= 0.6 is 0 Å². The van der Waals surface area contributed by atoms with Gasteiger partial charge >= 0.3 is 0 Å². The van der Waals surface area contributed by atoms with Crippen LogP contribution in [0.5, 0.6) is 11.5 Å². The van der Waals surface area contributed by atoms with Gasteiger partial charge in [-0.1, -0.05) is 6.07 Å². The van der Waals surface area contributed by atoms with Crippen LogP contribution in [0.1, 0.15) is 22.5 Å². The van der Waals surface area contributed by atoms with E-state index in [1.165, 1.54) is 0 Å². The van der Waals surface area contributed by atoms with Crippen LogP contribution in [0.2, 0.25) is 0 Å². The van der Waals surface area contributed by atoms with Gasteiger partial charge in [0.15, 0.2) is 0 Å². The quantitative estimate of drug-likeness (QED) is 0.758. The number of aryl methyl sites for hydroxylation is 2. The monoisotopic (exact) mass is 344 g/mol. The molecule has 0 saturated heterocycles. The lowest BCUT2D eigenvalue weighted by Crippen LogP contribution is -2.03. The summed E-state index contributed by atoms with van der Waals surface area (Å²) in [6.07, 6.45) is 2.62. The third kappa shape index (κ3) is 4.05. The van der Waals surface area contributed by atoms with Gasteiger partial charge in [0.1, 0.15) is 11.5 Å². The summed E-state index contributed by atoms with van der Waals surface area (Å²) in [5.41, 5.74) is 10.6. The van der Waals surface area contributed by atoms with E-state index >= 15 is 0 Å². The number of hydrogen-bond acceptors (Lipinski definition) is 5. The average molecular weight is 344 g/mol. The fourth-order valence-electron chi connectivity index (χ4n) is 2.77. The first-order valence-corrected chi connectivity index (χ1v) is 8.41. The Morgan fingerprint density at radius 1 is 1.08 bits per heavy atom. The topological polar surface area (TPSA) is 84.8 Å². The maximum absolute atomic E-state index is 9.23. The molecule has 130 valence electrons. The third-order valence-electron chi connectivity index (χ3n) is 3.93. The minimum atomic E-state index is 0.533. The molecule has 0 fully saturated rings. The summed E-state index contributed by atoms with van der Waals surface area (Å²) < 4.78 is 6.09. The smallest absolute Gasteiger partial charge is 0.138 e. The van der Waals surface area contributed by atoms with E-state index in [1.807, 2.05) is 50.4 Å². The van der Waals surface area contributed by atoms with Crippen molar-refractivity contribution >= 4 is 0 Å². The number of nitrogens with zero attached hydrogens (tertiary/aromatic N) is 3. The molecule has 0 atom stereocenters. The summed E-state index contributed by atoms with van der Waals surface area (Å²) in [7, 11) is 0. The van der Waals surface area contributed by atoms with E-state index in [4.69, 9.17) is 10.5 Å². The lowest BCUT2D eigenvalue weighted by molar-refractivity contribution is 0.482. The Morgan fingerprint density at radius 2 is 1.85 bits per heavy atom. The van der Waals surface area contributed by atoms with Crippen LogP contribution in [-0.2, 0) is 6.42 Å². The van der Waals surface area contributed by atoms with Crippen molar-refractivity contribution in [1.82, 2.24) is 9.97 Å². The van der Waals surface area contributed by atoms with Crippen molar-refractivity contribution in [3.05, 3.63) is 71.2 Å². The van der Waals surface area contributed by atoms with Gasteiger partial charge < -0.3 is 10.5 Å². The number of nitrogens with two attached hydrogens (primary N) is 1. The molecule has 0 amide bonds. The summed E-state index contributed by atoms with van der Waals surface area (Å²) in [6, 6.07) is 15.2. The number of benzene rings is 1. The Balaban J connectivity index is 2.01. The first-order valence-electron chi connectivity index (χ1n) is 8.41. The van der Waals surface area contributed by atoms with Crippen LogP contribution in [0.25, 0.3) is 11.3 Å². The molecule has 5 nitrogen and oxygen atoms in total. The Hall–Kier alpha value is -3.23. The second kappa shape index (κ2) is 7.77. The second-order valence-electron chi connectivity index (χ2n) is 6.10. The van der Waals surface area contributed by atoms with Gasteiger partial charge in [-0.2, -0.15) is 5.26 Å². The highest BCUT2D eigenvalue weighted by Crippen LogP contribution is 2.33. The molecule has 1 aromatic carbocycles. The first-order chi connectivity index (χ1) is 12.6. The van der Waals surface area contributed by atoms with Crippen molar-refractivity contribution < 1.29 is 4.74 Å². The molecule has 2 heterocycles. The largest absolute Gasteiger partial charge is 0.456 e. The predicted octanol–water partition coefficient (Wildman–Crippen LogP) is 3.93. The molecule has 3 rings (SSSR count). The molecule has 0 bridgehead atoms. The maximum atomic E-state index is 9.23. The molecule has 26 heavy (non-hydrogen) atoms. The molecule has 0 radical (unpaired) electrons. The second-order valence-corrected chi connectivity index (χ2v) is 6.10. The van der Waals surface area contributed by atoms with Crippen molar-refractivity contribution in [1.29, 1.82) is 5.26 Å². The standard InChI is InChI=1S/C21H20N4O/c1-14-9-18(10-15(2)25-14)26-21-11-17(12-23)3-5-19(21)20-6-4-16(7-8-22)13-24-20/h3-6,9-11,13H,7-8,22H2,1-2H3. The summed E-state index contributed by atoms with van der Waals surface area (Å²) in [5, 5.41) is 9.23. The van der Waals surface area contributed by atoms with Crippen LogP contribution in [0, 0.1) is 25.2 Å². The first kappa shape index (κ1) is 17.6. The van der Waals surface area contributed by atoms with Gasteiger partial charge in [-0.05, 0) is 56.6 Å². The minimum Gasteiger partial charge on any atom is -0.456 e. The lowest BCUT2D eigenvalue weighted by atomic mass is 10.1. The highest BCUT2D eigenvalue weighted by atomic mass is 16.5. The maximum Gasteiger partial charge on any atom is 0.138 e. The summed E-state index contributed by atoms with van der Waals surface area (Å²) in [5.74, 6) is 1.28. The molecule has 5 heteroatoms. The highest BCUT2D eigenvalue weighted by molar-refractivity contribution is 5.69. The van der Waals surface area contributed by atoms with Gasteiger partial charge in [0.2, 0.25) is 0 Å². The van der Waals surface area contributed by atoms with E-state index in [2.05, 4.69) is 16.0 Å². The Bertz CT molecular complexity index is 938. The molecule has 2 aromatic heterocycles. The van der Waals surface area contributed by atoms with Crippen molar-refractivity contribution in [2.24, 2.45) is 5.73 Å². The van der Waals surface area contributed by atoms with E-state index in [9.17, 15) is 5.26 Å². The molecular formula is C21H20N4O. The fraction of sp³-hybridized carbons (Fsp3) is 0.190. The normalized spacial score (nSPS) is 10.4. The molecule has 0 unspecified atom stereocenters. The van der Waals surface area contributed by atoms with Gasteiger partial charge in [-0.25, -0.2) is 0 Å². The molecule has 0 aliphatic rings. The van der Waals surface area contributed by atoms with Gasteiger partial charge in [0.05, 0.1) is 17.3 Å². The van der Waals surface area contributed by atoms with Crippen LogP contribution in [0.4, 0.5) is 0 Å². The third-order valence-corrected chi connectivity index (χ3v) is 3.93. The molecule has 0 aliphatic heterocycles. The zero-order chi connectivity index (χ0) is 18.5. The number of ether oxygens (including phenoxy) is 1. The van der Waals surface area contributed by atoms with Gasteiger partial charge in [0.25, 0.3) is 0 Å². The SMILES string of the molecule is Cc1cc(Oc2cc(C#N)ccc2-c2ccc(CCN)cn2)cc(C)n1. The summed E-state index contributed by atoms with van der Waals surface area (Å²) >= 11 is 0. The highest BCUT2D eigenvalue weighted by Gasteiger charge is 2.11. The number of rotatable bonds is 5. The van der Waals surface area contributed by atoms with Crippen LogP contribution in [0.15, 0.2) is 48.7 Å². The average Bonchev–Trinajstić information content (AvgIpc) is 2.62. The van der Waals surface area contributed by atoms with E-state index in [0.29, 0.717) is 23.6 Å². The fourth-order valence-corrected chi connectivity index (χ4v) is 2.77. The van der Waals surface area contributed by atoms with E-state index in [0.717, 1.165) is 34.6 Å². The van der Waals surface area contributed by atoms with Crippen molar-refractivity contribution in [3.63, 3.8) is 0 Å². The molecular weight excluding hydrogens is 324 g/mol. The Kier molecular flexibility index (Phi) is 5.26. The van der Waals surface area contributed by atoms with Gasteiger partial charge in [-0.3, -0.25) is 9.97 Å². The minimum absolute atomic E-state index is 0.533. The number of hydrogen-bond donors (Lipinski definition) is 1. The molecule has 0 aliphatic carbocycles. The Morgan fingerprint density at radius 3 is 2.46 bits per heavy atom. The van der Waals surface area contributed by atoms with E-state index in [1.54, 1.807) is 12.1 Å². The van der Waals surface area contributed by atoms with Crippen LogP contribution in [0.3, 0.4) is 0 Å². The van der Waals surface area contributed by atoms with Crippen LogP contribution in [-0.4, -0.2) is 16.5 Å². The van der Waals surface area contributed by atoms with Crippen molar-refractivity contribution in [2.45, 2.75) is 20.3 Å². The zero-order valence-electron chi connectivity index (χ0n) is 14.9. The molecule has 0 saturated carbocycles. The van der Waals surface area contributed by atoms with Gasteiger partial charge in [-0.15, -0.1) is 0 Å². The van der Waals surface area contributed by atoms with Crippen molar-refractivity contribution in [3.8, 4) is 28.8 Å². The van der Waals surface area contributed by atoms with Crippen molar-refractivity contribution in [2.75, 3.05) is 6.54 Å². The van der Waals surface area contributed by atoms with Crippen LogP contribution < -0.4 is 10.5 Å². The number of pyridine rings is 2. The molecule has 2 N–H and O–H groups in total. The Labute approximate surface area is 153 Å². The summed E-state index contributed by atoms with van der Waals surface area (Å²) in [6.45, 7) is 4.43. The van der Waals surface area contributed by atoms with Gasteiger partial charge in [0, 0.05) is 35.3 Å². The van der Waals surface area contributed by atoms with E-state index in [-0.39, 0.29) is 0 Å². The molecule has 0 spiro atoms. The number of aromatic nitrogens is 2. The zero-order valence-corrected chi connectivity index (χ0v) is 14.9. The summed E-state index contributed by atoms with van der Waals surface area (Å²) in [4.78, 5) is 8.89. The molecule has 3 aromatic rings. The van der Waals surface area contributed by atoms with E-state index < -0.39 is 0 Å². The lowest BCUT2D eigenvalue weighted by Gasteiger charge is -2.13.